The summed E-state index contributed by atoms with van der Waals surface area (Å²) in [4.78, 5) is 25.5. The van der Waals surface area contributed by atoms with Crippen LogP contribution in [0.3, 0.4) is 0 Å². The number of benzene rings is 1. The SMILES string of the molecule is CCOc1ccc(-c2nc(C(=O)Nc3cnc(C(C)(C)C)nc3)cs2)cc1. The molecule has 0 aliphatic carbocycles. The summed E-state index contributed by atoms with van der Waals surface area (Å²) in [6, 6.07) is 7.66. The number of nitrogens with one attached hydrogen (secondary N) is 1. The molecular formula is C20H22N4O2S. The number of rotatable bonds is 5. The Morgan fingerprint density at radius 1 is 1.15 bits per heavy atom. The van der Waals surface area contributed by atoms with E-state index in [1.165, 1.54) is 11.3 Å². The fourth-order valence-electron chi connectivity index (χ4n) is 2.35. The van der Waals surface area contributed by atoms with Crippen LogP contribution in [0.25, 0.3) is 10.6 Å². The summed E-state index contributed by atoms with van der Waals surface area (Å²) in [6.45, 7) is 8.69. The molecule has 2 heterocycles. The molecule has 27 heavy (non-hydrogen) atoms. The molecular weight excluding hydrogens is 360 g/mol. The number of carbonyl (C=O) groups excluding carboxylic acids is 1. The maximum Gasteiger partial charge on any atom is 0.275 e. The monoisotopic (exact) mass is 382 g/mol. The summed E-state index contributed by atoms with van der Waals surface area (Å²) in [6.07, 6.45) is 3.23. The highest BCUT2D eigenvalue weighted by Crippen LogP contribution is 2.26. The molecule has 1 amide bonds. The van der Waals surface area contributed by atoms with Crippen molar-refractivity contribution in [3.8, 4) is 16.3 Å². The van der Waals surface area contributed by atoms with E-state index >= 15 is 0 Å². The number of thiazole rings is 1. The first-order valence-corrected chi connectivity index (χ1v) is 9.57. The number of ether oxygens (including phenoxy) is 1. The third-order valence-corrected chi connectivity index (χ3v) is 4.62. The molecule has 0 fully saturated rings. The number of hydrogen-bond donors (Lipinski definition) is 1. The van der Waals surface area contributed by atoms with Gasteiger partial charge in [0, 0.05) is 16.4 Å². The van der Waals surface area contributed by atoms with Crippen molar-refractivity contribution in [2.24, 2.45) is 0 Å². The molecule has 1 N–H and O–H groups in total. The van der Waals surface area contributed by atoms with Crippen LogP contribution in [0, 0.1) is 0 Å². The highest BCUT2D eigenvalue weighted by molar-refractivity contribution is 7.13. The van der Waals surface area contributed by atoms with Gasteiger partial charge in [0.25, 0.3) is 5.91 Å². The van der Waals surface area contributed by atoms with Crippen LogP contribution in [-0.4, -0.2) is 27.5 Å². The molecule has 0 saturated heterocycles. The molecule has 1 aromatic carbocycles. The Labute approximate surface area is 162 Å². The van der Waals surface area contributed by atoms with Crippen molar-refractivity contribution in [1.82, 2.24) is 15.0 Å². The largest absolute Gasteiger partial charge is 0.494 e. The predicted octanol–water partition coefficient (Wildman–Crippen LogP) is 4.55. The van der Waals surface area contributed by atoms with Gasteiger partial charge in [-0.1, -0.05) is 20.8 Å². The van der Waals surface area contributed by atoms with Crippen LogP contribution in [0.15, 0.2) is 42.0 Å². The van der Waals surface area contributed by atoms with E-state index in [0.717, 1.165) is 22.1 Å². The predicted molar refractivity (Wildman–Crippen MR) is 107 cm³/mol. The first-order valence-electron chi connectivity index (χ1n) is 8.69. The molecule has 3 aromatic rings. The Morgan fingerprint density at radius 3 is 2.41 bits per heavy atom. The lowest BCUT2D eigenvalue weighted by Crippen LogP contribution is -2.17. The minimum Gasteiger partial charge on any atom is -0.494 e. The number of amides is 1. The minimum absolute atomic E-state index is 0.135. The van der Waals surface area contributed by atoms with Gasteiger partial charge in [0.2, 0.25) is 0 Å². The summed E-state index contributed by atoms with van der Waals surface area (Å²) >= 11 is 1.42. The molecule has 0 saturated carbocycles. The fourth-order valence-corrected chi connectivity index (χ4v) is 3.15. The lowest BCUT2D eigenvalue weighted by molar-refractivity contribution is 0.102. The van der Waals surface area contributed by atoms with Gasteiger partial charge in [0.1, 0.15) is 22.3 Å². The summed E-state index contributed by atoms with van der Waals surface area (Å²) < 4.78 is 5.44. The Bertz CT molecular complexity index is 912. The van der Waals surface area contributed by atoms with Gasteiger partial charge in [-0.2, -0.15) is 0 Å². The zero-order chi connectivity index (χ0) is 19.4. The second-order valence-electron chi connectivity index (χ2n) is 6.99. The Kier molecular flexibility index (Phi) is 5.51. The Morgan fingerprint density at radius 2 is 1.81 bits per heavy atom. The van der Waals surface area contributed by atoms with Crippen molar-refractivity contribution in [3.63, 3.8) is 0 Å². The maximum atomic E-state index is 12.4. The molecule has 2 aromatic heterocycles. The van der Waals surface area contributed by atoms with Gasteiger partial charge in [-0.25, -0.2) is 15.0 Å². The average molecular weight is 382 g/mol. The molecule has 0 bridgehead atoms. The topological polar surface area (TPSA) is 77.0 Å². The van der Waals surface area contributed by atoms with Crippen molar-refractivity contribution < 1.29 is 9.53 Å². The van der Waals surface area contributed by atoms with Gasteiger partial charge in [0.15, 0.2) is 0 Å². The second-order valence-corrected chi connectivity index (χ2v) is 7.85. The zero-order valence-electron chi connectivity index (χ0n) is 15.8. The first kappa shape index (κ1) is 19.0. The maximum absolute atomic E-state index is 12.4. The molecule has 0 radical (unpaired) electrons. The van der Waals surface area contributed by atoms with Crippen molar-refractivity contribution in [2.75, 3.05) is 11.9 Å². The smallest absolute Gasteiger partial charge is 0.275 e. The fraction of sp³-hybridized carbons (Fsp3) is 0.300. The Balaban J connectivity index is 1.69. The van der Waals surface area contributed by atoms with Gasteiger partial charge in [-0.15, -0.1) is 11.3 Å². The van der Waals surface area contributed by atoms with Crippen LogP contribution >= 0.6 is 11.3 Å². The number of nitrogens with zero attached hydrogens (tertiary/aromatic N) is 3. The summed E-state index contributed by atoms with van der Waals surface area (Å²) in [7, 11) is 0. The van der Waals surface area contributed by atoms with Crippen LogP contribution in [-0.2, 0) is 5.41 Å². The number of hydrogen-bond acceptors (Lipinski definition) is 6. The molecule has 140 valence electrons. The highest BCUT2D eigenvalue weighted by atomic mass is 32.1. The van der Waals surface area contributed by atoms with E-state index in [2.05, 4.69) is 20.3 Å². The third-order valence-electron chi connectivity index (χ3n) is 3.73. The minimum atomic E-state index is -0.282. The molecule has 0 atom stereocenters. The van der Waals surface area contributed by atoms with Crippen LogP contribution in [0.1, 0.15) is 44.0 Å². The highest BCUT2D eigenvalue weighted by Gasteiger charge is 2.17. The number of aromatic nitrogens is 3. The standard InChI is InChI=1S/C20H22N4O2S/c1-5-26-15-8-6-13(7-9-15)18-24-16(12-27-18)17(25)23-14-10-21-19(22-11-14)20(2,3)4/h6-12H,5H2,1-4H3,(H,23,25). The first-order chi connectivity index (χ1) is 12.9. The molecule has 0 unspecified atom stereocenters. The van der Waals surface area contributed by atoms with Crippen molar-refractivity contribution >= 4 is 22.9 Å². The summed E-state index contributed by atoms with van der Waals surface area (Å²) in [5, 5.41) is 5.31. The van der Waals surface area contributed by atoms with Crippen LogP contribution in [0.4, 0.5) is 5.69 Å². The van der Waals surface area contributed by atoms with E-state index in [9.17, 15) is 4.79 Å². The van der Waals surface area contributed by atoms with Crippen molar-refractivity contribution in [2.45, 2.75) is 33.1 Å². The number of carbonyl (C=O) groups is 1. The van der Waals surface area contributed by atoms with Crippen LogP contribution < -0.4 is 10.1 Å². The molecule has 7 heteroatoms. The van der Waals surface area contributed by atoms with E-state index in [1.807, 2.05) is 52.0 Å². The Hall–Kier alpha value is -2.80. The van der Waals surface area contributed by atoms with Gasteiger partial charge in [-0.3, -0.25) is 4.79 Å². The van der Waals surface area contributed by atoms with E-state index in [-0.39, 0.29) is 11.3 Å². The molecule has 0 aliphatic heterocycles. The van der Waals surface area contributed by atoms with Crippen LogP contribution in [0.2, 0.25) is 0 Å². The van der Waals surface area contributed by atoms with Gasteiger partial charge >= 0.3 is 0 Å². The lowest BCUT2D eigenvalue weighted by Gasteiger charge is -2.16. The second kappa shape index (κ2) is 7.84. The van der Waals surface area contributed by atoms with Gasteiger partial charge < -0.3 is 10.1 Å². The lowest BCUT2D eigenvalue weighted by atomic mass is 9.96. The van der Waals surface area contributed by atoms with Crippen LogP contribution in [0.5, 0.6) is 5.75 Å². The number of anilines is 1. The molecule has 0 spiro atoms. The van der Waals surface area contributed by atoms with E-state index in [4.69, 9.17) is 4.74 Å². The average Bonchev–Trinajstić information content (AvgIpc) is 3.13. The van der Waals surface area contributed by atoms with E-state index < -0.39 is 0 Å². The zero-order valence-corrected chi connectivity index (χ0v) is 16.6. The quantitative estimate of drug-likeness (QED) is 0.700. The summed E-state index contributed by atoms with van der Waals surface area (Å²) in [5.41, 5.74) is 1.72. The third kappa shape index (κ3) is 4.68. The van der Waals surface area contributed by atoms with Crippen molar-refractivity contribution in [1.29, 1.82) is 0 Å². The van der Waals surface area contributed by atoms with E-state index in [1.54, 1.807) is 17.8 Å². The molecule has 3 rings (SSSR count). The normalized spacial score (nSPS) is 11.3. The van der Waals surface area contributed by atoms with Gasteiger partial charge in [0.05, 0.1) is 24.7 Å². The molecule has 0 aliphatic rings. The summed E-state index contributed by atoms with van der Waals surface area (Å²) in [5.74, 6) is 1.26. The molecule has 6 nitrogen and oxygen atoms in total. The van der Waals surface area contributed by atoms with Crippen molar-refractivity contribution in [3.05, 3.63) is 53.6 Å². The van der Waals surface area contributed by atoms with E-state index in [0.29, 0.717) is 18.0 Å². The van der Waals surface area contributed by atoms with Gasteiger partial charge in [-0.05, 0) is 31.2 Å².